The van der Waals surface area contributed by atoms with Gasteiger partial charge in [-0.1, -0.05) is 6.07 Å². The van der Waals surface area contributed by atoms with Gasteiger partial charge in [0.15, 0.2) is 17.1 Å². The topological polar surface area (TPSA) is 124 Å². The number of fused-ring (bicyclic) bond motifs is 1. The van der Waals surface area contributed by atoms with Crippen LogP contribution >= 0.6 is 0 Å². The lowest BCUT2D eigenvalue weighted by molar-refractivity contribution is 0.243. The molecule has 4 N–H and O–H groups in total. The van der Waals surface area contributed by atoms with E-state index in [9.17, 15) is 4.79 Å². The number of rotatable bonds is 4. The van der Waals surface area contributed by atoms with Crippen molar-refractivity contribution >= 4 is 28.8 Å². The average Bonchev–Trinajstić information content (AvgIpc) is 2.65. The zero-order chi connectivity index (χ0) is 21.2. The third kappa shape index (κ3) is 4.63. The summed E-state index contributed by atoms with van der Waals surface area (Å²) in [5.41, 5.74) is 7.12. The fourth-order valence-corrected chi connectivity index (χ4v) is 2.78. The van der Waals surface area contributed by atoms with Crippen molar-refractivity contribution in [2.45, 2.75) is 26.3 Å². The predicted octanol–water partition coefficient (Wildman–Crippen LogP) is 3.21. The molecular formula is C20H24N6O3. The van der Waals surface area contributed by atoms with E-state index in [1.54, 1.807) is 26.5 Å². The number of nitrogens with one attached hydrogen (secondary N) is 2. The van der Waals surface area contributed by atoms with Crippen molar-refractivity contribution in [3.63, 3.8) is 0 Å². The zero-order valence-electron chi connectivity index (χ0n) is 17.0. The molecule has 3 aromatic rings. The smallest absolute Gasteiger partial charge is 0.320 e. The van der Waals surface area contributed by atoms with Crippen molar-refractivity contribution in [1.29, 1.82) is 0 Å². The van der Waals surface area contributed by atoms with Crippen molar-refractivity contribution in [1.82, 2.24) is 20.3 Å². The first-order valence-corrected chi connectivity index (χ1v) is 8.95. The molecule has 0 bridgehead atoms. The molecule has 9 nitrogen and oxygen atoms in total. The summed E-state index contributed by atoms with van der Waals surface area (Å²) in [6.07, 6.45) is 1.59. The van der Waals surface area contributed by atoms with Crippen molar-refractivity contribution in [3.05, 3.63) is 30.5 Å². The van der Waals surface area contributed by atoms with Crippen LogP contribution in [0, 0.1) is 0 Å². The molecule has 0 radical (unpaired) electrons. The van der Waals surface area contributed by atoms with Crippen LogP contribution in [-0.4, -0.2) is 40.7 Å². The number of pyridine rings is 1. The van der Waals surface area contributed by atoms with Crippen LogP contribution in [0.4, 0.5) is 16.6 Å². The molecule has 0 saturated heterocycles. The van der Waals surface area contributed by atoms with E-state index in [-0.39, 0.29) is 12.0 Å². The molecule has 152 valence electrons. The van der Waals surface area contributed by atoms with Crippen LogP contribution in [-0.2, 0) is 0 Å². The van der Waals surface area contributed by atoms with E-state index in [1.807, 2.05) is 39.0 Å². The maximum Gasteiger partial charge on any atom is 0.320 e. The molecule has 3 rings (SSSR count). The standard InChI is InChI=1S/C20H24N6O3/c1-20(2,3)26-19(27)25-17-13(8-12-10-22-18(21)24-16(12)23-17)11-6-7-14(28-4)15(9-11)29-5/h6-10H,1-5H3,(H4,21,22,23,24,25,26,27). The molecule has 0 fully saturated rings. The molecule has 2 amide bonds. The highest BCUT2D eigenvalue weighted by Gasteiger charge is 2.18. The summed E-state index contributed by atoms with van der Waals surface area (Å²) in [4.78, 5) is 25.2. The van der Waals surface area contributed by atoms with E-state index in [0.29, 0.717) is 33.9 Å². The highest BCUT2D eigenvalue weighted by atomic mass is 16.5. The van der Waals surface area contributed by atoms with Gasteiger partial charge in [0, 0.05) is 22.7 Å². The number of nitrogen functional groups attached to an aromatic ring is 1. The molecular weight excluding hydrogens is 372 g/mol. The number of amides is 2. The van der Waals surface area contributed by atoms with Gasteiger partial charge in [0.25, 0.3) is 0 Å². The largest absolute Gasteiger partial charge is 0.493 e. The first kappa shape index (κ1) is 20.1. The van der Waals surface area contributed by atoms with E-state index in [0.717, 1.165) is 5.56 Å². The van der Waals surface area contributed by atoms with Crippen molar-refractivity contribution < 1.29 is 14.3 Å². The summed E-state index contributed by atoms with van der Waals surface area (Å²) >= 11 is 0. The minimum absolute atomic E-state index is 0.106. The van der Waals surface area contributed by atoms with Crippen molar-refractivity contribution in [2.24, 2.45) is 0 Å². The highest BCUT2D eigenvalue weighted by molar-refractivity contribution is 5.96. The molecule has 0 atom stereocenters. The molecule has 0 aliphatic heterocycles. The molecule has 0 spiro atoms. The number of carbonyl (C=O) groups is 1. The number of methoxy groups -OCH3 is 2. The molecule has 0 saturated carbocycles. The number of anilines is 2. The number of urea groups is 1. The van der Waals surface area contributed by atoms with Gasteiger partial charge in [0.05, 0.1) is 14.2 Å². The van der Waals surface area contributed by atoms with Crippen LogP contribution < -0.4 is 25.8 Å². The van der Waals surface area contributed by atoms with Crippen molar-refractivity contribution in [3.8, 4) is 22.6 Å². The Morgan fingerprint density at radius 2 is 1.79 bits per heavy atom. The molecule has 0 unspecified atom stereocenters. The molecule has 0 aliphatic carbocycles. The van der Waals surface area contributed by atoms with Crippen LogP contribution in [0.3, 0.4) is 0 Å². The van der Waals surface area contributed by atoms with Gasteiger partial charge in [-0.2, -0.15) is 4.98 Å². The number of hydrogen-bond donors (Lipinski definition) is 3. The van der Waals surface area contributed by atoms with Gasteiger partial charge in [0.2, 0.25) is 5.95 Å². The first-order valence-electron chi connectivity index (χ1n) is 8.95. The number of benzene rings is 1. The molecule has 9 heteroatoms. The van der Waals surface area contributed by atoms with Gasteiger partial charge in [-0.3, -0.25) is 5.32 Å². The summed E-state index contributed by atoms with van der Waals surface area (Å²) in [5, 5.41) is 6.35. The first-order chi connectivity index (χ1) is 13.7. The monoisotopic (exact) mass is 396 g/mol. The molecule has 0 aliphatic rings. The van der Waals surface area contributed by atoms with Gasteiger partial charge in [-0.05, 0) is 44.5 Å². The Hall–Kier alpha value is -3.62. The normalized spacial score (nSPS) is 11.2. The van der Waals surface area contributed by atoms with Gasteiger partial charge in [-0.25, -0.2) is 14.8 Å². The summed E-state index contributed by atoms with van der Waals surface area (Å²) in [7, 11) is 3.13. The number of carbonyl (C=O) groups excluding carboxylic acids is 1. The number of ether oxygens (including phenoxy) is 2. The second-order valence-electron chi connectivity index (χ2n) is 7.42. The van der Waals surface area contributed by atoms with Crippen LogP contribution in [0.1, 0.15) is 20.8 Å². The Morgan fingerprint density at radius 1 is 1.07 bits per heavy atom. The number of nitrogens with two attached hydrogens (primary N) is 1. The maximum absolute atomic E-state index is 12.5. The Kier molecular flexibility index (Phi) is 5.40. The molecule has 29 heavy (non-hydrogen) atoms. The minimum Gasteiger partial charge on any atom is -0.493 e. The summed E-state index contributed by atoms with van der Waals surface area (Å²) in [6.45, 7) is 5.68. The van der Waals surface area contributed by atoms with Gasteiger partial charge < -0.3 is 20.5 Å². The minimum atomic E-state index is -0.406. The second-order valence-corrected chi connectivity index (χ2v) is 7.42. The second kappa shape index (κ2) is 7.78. The van der Waals surface area contributed by atoms with E-state index < -0.39 is 5.54 Å². The number of hydrogen-bond acceptors (Lipinski definition) is 7. The molecule has 1 aromatic carbocycles. The number of nitrogens with zero attached hydrogens (tertiary/aromatic N) is 3. The van der Waals surface area contributed by atoms with Crippen LogP contribution in [0.15, 0.2) is 30.5 Å². The molecule has 2 aromatic heterocycles. The Bertz CT molecular complexity index is 1060. The average molecular weight is 396 g/mol. The highest BCUT2D eigenvalue weighted by Crippen LogP contribution is 2.36. The summed E-state index contributed by atoms with van der Waals surface area (Å²) in [5.74, 6) is 1.60. The van der Waals surface area contributed by atoms with Gasteiger partial charge in [-0.15, -0.1) is 0 Å². The Morgan fingerprint density at radius 3 is 2.45 bits per heavy atom. The van der Waals surface area contributed by atoms with Crippen molar-refractivity contribution in [2.75, 3.05) is 25.3 Å². The van der Waals surface area contributed by atoms with E-state index >= 15 is 0 Å². The van der Waals surface area contributed by atoms with E-state index in [2.05, 4.69) is 25.6 Å². The van der Waals surface area contributed by atoms with Gasteiger partial charge in [0.1, 0.15) is 5.82 Å². The fourth-order valence-electron chi connectivity index (χ4n) is 2.78. The Balaban J connectivity index is 2.13. The fraction of sp³-hybridized carbons (Fsp3) is 0.300. The lowest BCUT2D eigenvalue weighted by Crippen LogP contribution is -2.43. The lowest BCUT2D eigenvalue weighted by Gasteiger charge is -2.21. The van der Waals surface area contributed by atoms with E-state index in [1.165, 1.54) is 0 Å². The third-order valence-electron chi connectivity index (χ3n) is 4.00. The van der Waals surface area contributed by atoms with Crippen LogP contribution in [0.2, 0.25) is 0 Å². The molecule has 2 heterocycles. The number of aromatic nitrogens is 3. The lowest BCUT2D eigenvalue weighted by atomic mass is 10.0. The summed E-state index contributed by atoms with van der Waals surface area (Å²) < 4.78 is 10.7. The zero-order valence-corrected chi connectivity index (χ0v) is 17.0. The van der Waals surface area contributed by atoms with E-state index in [4.69, 9.17) is 15.2 Å². The van der Waals surface area contributed by atoms with Crippen LogP contribution in [0.25, 0.3) is 22.2 Å². The predicted molar refractivity (Wildman–Crippen MR) is 112 cm³/mol. The Labute approximate surface area is 168 Å². The van der Waals surface area contributed by atoms with Gasteiger partial charge >= 0.3 is 6.03 Å². The summed E-state index contributed by atoms with van der Waals surface area (Å²) in [6, 6.07) is 6.92. The van der Waals surface area contributed by atoms with Crippen LogP contribution in [0.5, 0.6) is 11.5 Å². The quantitative estimate of drug-likeness (QED) is 0.618. The SMILES string of the molecule is COc1ccc(-c2cc3cnc(N)nc3nc2NC(=O)NC(C)(C)C)cc1OC. The maximum atomic E-state index is 12.5. The third-order valence-corrected chi connectivity index (χ3v) is 4.00.